The van der Waals surface area contributed by atoms with E-state index in [4.69, 9.17) is 17.3 Å². The van der Waals surface area contributed by atoms with Gasteiger partial charge in [-0.3, -0.25) is 0 Å². The Labute approximate surface area is 130 Å². The SMILES string of the molecule is Cc1ccc(-c2nn3c(C)nnc3s2)cc1N=C(N)CCl. The molecule has 3 aromatic rings. The van der Waals surface area contributed by atoms with Crippen molar-refractivity contribution in [3.8, 4) is 10.6 Å². The van der Waals surface area contributed by atoms with Gasteiger partial charge in [0.25, 0.3) is 0 Å². The highest BCUT2D eigenvalue weighted by Crippen LogP contribution is 2.30. The molecule has 0 aliphatic rings. The first-order valence-corrected chi connectivity index (χ1v) is 7.62. The van der Waals surface area contributed by atoms with Crippen LogP contribution in [-0.2, 0) is 0 Å². The van der Waals surface area contributed by atoms with Crippen molar-refractivity contribution in [3.63, 3.8) is 0 Å². The van der Waals surface area contributed by atoms with Gasteiger partial charge in [0, 0.05) is 5.56 Å². The van der Waals surface area contributed by atoms with Crippen LogP contribution in [-0.4, -0.2) is 31.5 Å². The lowest BCUT2D eigenvalue weighted by atomic mass is 10.1. The van der Waals surface area contributed by atoms with Gasteiger partial charge in [-0.1, -0.05) is 23.5 Å². The highest BCUT2D eigenvalue weighted by atomic mass is 35.5. The van der Waals surface area contributed by atoms with Gasteiger partial charge in [0.1, 0.15) is 10.8 Å². The van der Waals surface area contributed by atoms with E-state index in [9.17, 15) is 0 Å². The average Bonchev–Trinajstić information content (AvgIpc) is 3.04. The van der Waals surface area contributed by atoms with Crippen LogP contribution in [0.1, 0.15) is 11.4 Å². The molecule has 3 rings (SSSR count). The molecular weight excluding hydrogens is 308 g/mol. The summed E-state index contributed by atoms with van der Waals surface area (Å²) in [6, 6.07) is 5.95. The fourth-order valence-corrected chi connectivity index (χ4v) is 2.82. The minimum atomic E-state index is 0.208. The van der Waals surface area contributed by atoms with Gasteiger partial charge in [0.05, 0.1) is 11.6 Å². The minimum Gasteiger partial charge on any atom is -0.386 e. The molecule has 0 saturated carbocycles. The second-order valence-electron chi connectivity index (χ2n) is 4.59. The Kier molecular flexibility index (Phi) is 3.60. The van der Waals surface area contributed by atoms with Gasteiger partial charge in [-0.2, -0.15) is 9.61 Å². The zero-order valence-electron chi connectivity index (χ0n) is 11.5. The number of hydrogen-bond acceptors (Lipinski definition) is 5. The second kappa shape index (κ2) is 5.42. The Hall–Kier alpha value is -1.99. The van der Waals surface area contributed by atoms with Crippen LogP contribution in [0.4, 0.5) is 5.69 Å². The number of hydrogen-bond donors (Lipinski definition) is 1. The minimum absolute atomic E-state index is 0.208. The molecule has 0 unspecified atom stereocenters. The quantitative estimate of drug-likeness (QED) is 0.457. The van der Waals surface area contributed by atoms with Crippen molar-refractivity contribution in [2.24, 2.45) is 10.7 Å². The number of rotatable bonds is 3. The monoisotopic (exact) mass is 320 g/mol. The Morgan fingerprint density at radius 1 is 1.38 bits per heavy atom. The molecule has 108 valence electrons. The number of amidine groups is 1. The van der Waals surface area contributed by atoms with E-state index in [0.717, 1.165) is 32.6 Å². The summed E-state index contributed by atoms with van der Waals surface area (Å²) in [4.78, 5) is 5.10. The molecule has 8 heteroatoms. The molecule has 0 amide bonds. The molecule has 0 atom stereocenters. The van der Waals surface area contributed by atoms with Crippen molar-refractivity contribution < 1.29 is 0 Å². The number of nitrogens with zero attached hydrogens (tertiary/aromatic N) is 5. The Balaban J connectivity index is 2.08. The van der Waals surface area contributed by atoms with E-state index in [2.05, 4.69) is 20.3 Å². The van der Waals surface area contributed by atoms with Crippen molar-refractivity contribution >= 4 is 39.4 Å². The maximum Gasteiger partial charge on any atom is 0.234 e. The lowest BCUT2D eigenvalue weighted by Crippen LogP contribution is -2.12. The summed E-state index contributed by atoms with van der Waals surface area (Å²) in [6.45, 7) is 3.85. The number of aliphatic imine (C=N–C) groups is 1. The van der Waals surface area contributed by atoms with Gasteiger partial charge < -0.3 is 5.73 Å². The van der Waals surface area contributed by atoms with Crippen LogP contribution in [0.2, 0.25) is 0 Å². The molecule has 0 radical (unpaired) electrons. The Morgan fingerprint density at radius 3 is 2.90 bits per heavy atom. The van der Waals surface area contributed by atoms with E-state index in [-0.39, 0.29) is 5.88 Å². The Bertz CT molecular complexity index is 834. The summed E-state index contributed by atoms with van der Waals surface area (Å²) in [7, 11) is 0. The number of nitrogens with two attached hydrogens (primary N) is 1. The van der Waals surface area contributed by atoms with Gasteiger partial charge in [-0.15, -0.1) is 21.8 Å². The zero-order valence-corrected chi connectivity index (χ0v) is 13.1. The second-order valence-corrected chi connectivity index (χ2v) is 5.81. The van der Waals surface area contributed by atoms with Crippen molar-refractivity contribution in [1.29, 1.82) is 0 Å². The highest BCUT2D eigenvalue weighted by molar-refractivity contribution is 7.19. The lowest BCUT2D eigenvalue weighted by molar-refractivity contribution is 0.898. The van der Waals surface area contributed by atoms with Gasteiger partial charge in [0.2, 0.25) is 4.96 Å². The molecular formula is C13H13ClN6S. The van der Waals surface area contributed by atoms with Gasteiger partial charge in [-0.05, 0) is 25.5 Å². The predicted octanol–water partition coefficient (Wildman–Crippen LogP) is 2.70. The number of benzene rings is 1. The molecule has 21 heavy (non-hydrogen) atoms. The normalized spacial score (nSPS) is 12.2. The Morgan fingerprint density at radius 2 is 2.19 bits per heavy atom. The summed E-state index contributed by atoms with van der Waals surface area (Å²) < 4.78 is 1.73. The van der Waals surface area contributed by atoms with Crippen LogP contribution in [0, 0.1) is 13.8 Å². The molecule has 6 nitrogen and oxygen atoms in total. The third-order valence-electron chi connectivity index (χ3n) is 3.00. The van der Waals surface area contributed by atoms with Crippen LogP contribution in [0.25, 0.3) is 15.5 Å². The van der Waals surface area contributed by atoms with E-state index in [0.29, 0.717) is 5.84 Å². The molecule has 0 fully saturated rings. The first kappa shape index (κ1) is 14.0. The number of aromatic nitrogens is 4. The van der Waals surface area contributed by atoms with Gasteiger partial charge in [0.15, 0.2) is 5.82 Å². The maximum absolute atomic E-state index is 5.71. The molecule has 0 aliphatic carbocycles. The maximum atomic E-state index is 5.71. The van der Waals surface area contributed by atoms with Gasteiger partial charge in [-0.25, -0.2) is 4.99 Å². The zero-order chi connectivity index (χ0) is 15.0. The van der Waals surface area contributed by atoms with Crippen molar-refractivity contribution in [1.82, 2.24) is 19.8 Å². The molecule has 0 bridgehead atoms. The lowest BCUT2D eigenvalue weighted by Gasteiger charge is -2.04. The predicted molar refractivity (Wildman–Crippen MR) is 85.6 cm³/mol. The van der Waals surface area contributed by atoms with Crippen molar-refractivity contribution in [3.05, 3.63) is 29.6 Å². The number of aryl methyl sites for hydroxylation is 2. The summed E-state index contributed by atoms with van der Waals surface area (Å²) in [5.74, 6) is 1.37. The van der Waals surface area contributed by atoms with E-state index >= 15 is 0 Å². The number of alkyl halides is 1. The molecule has 0 saturated heterocycles. The van der Waals surface area contributed by atoms with Crippen molar-refractivity contribution in [2.75, 3.05) is 5.88 Å². The third kappa shape index (κ3) is 2.62. The first-order valence-electron chi connectivity index (χ1n) is 6.27. The van der Waals surface area contributed by atoms with E-state index in [1.54, 1.807) is 4.52 Å². The topological polar surface area (TPSA) is 81.5 Å². The van der Waals surface area contributed by atoms with Crippen LogP contribution < -0.4 is 5.73 Å². The highest BCUT2D eigenvalue weighted by Gasteiger charge is 2.11. The summed E-state index contributed by atoms with van der Waals surface area (Å²) in [6.07, 6.45) is 0. The smallest absolute Gasteiger partial charge is 0.234 e. The van der Waals surface area contributed by atoms with Gasteiger partial charge >= 0.3 is 0 Å². The summed E-state index contributed by atoms with van der Waals surface area (Å²) >= 11 is 7.17. The fraction of sp³-hybridized carbons (Fsp3) is 0.231. The molecule has 0 spiro atoms. The number of fused-ring (bicyclic) bond motifs is 1. The molecule has 2 heterocycles. The number of halogens is 1. The first-order chi connectivity index (χ1) is 10.1. The van der Waals surface area contributed by atoms with Crippen LogP contribution >= 0.6 is 22.9 Å². The molecule has 1 aromatic carbocycles. The third-order valence-corrected chi connectivity index (χ3v) is 4.23. The molecule has 2 N–H and O–H groups in total. The average molecular weight is 321 g/mol. The molecule has 0 aliphatic heterocycles. The van der Waals surface area contributed by atoms with E-state index in [1.807, 2.05) is 32.0 Å². The van der Waals surface area contributed by atoms with Crippen LogP contribution in [0.3, 0.4) is 0 Å². The van der Waals surface area contributed by atoms with E-state index < -0.39 is 0 Å². The summed E-state index contributed by atoms with van der Waals surface area (Å²) in [5, 5.41) is 13.4. The fourth-order valence-electron chi connectivity index (χ4n) is 1.88. The van der Waals surface area contributed by atoms with E-state index in [1.165, 1.54) is 11.3 Å². The molecule has 2 aromatic heterocycles. The standard InChI is InChI=1S/C13H13ClN6S/c1-7-3-4-9(5-10(7)16-11(15)6-14)12-19-20-8(2)17-18-13(20)21-12/h3-5H,6H2,1-2H3,(H2,15,16). The largest absolute Gasteiger partial charge is 0.386 e. The van der Waals surface area contributed by atoms with Crippen LogP contribution in [0.5, 0.6) is 0 Å². The summed E-state index contributed by atoms with van der Waals surface area (Å²) in [5.41, 5.74) is 8.51. The van der Waals surface area contributed by atoms with Crippen molar-refractivity contribution in [2.45, 2.75) is 13.8 Å². The van der Waals surface area contributed by atoms with Crippen LogP contribution in [0.15, 0.2) is 23.2 Å².